The standard InChI is InChI=1S/C20H20ClNO5S/c1-14(23)16-4-2-7-19(12-16)28(25,26)22-10-8-15(9-11-22)20(24)27-18-6-3-5-17(21)13-18/h2-7,12-13,15H,8-11H2,1H3. The summed E-state index contributed by atoms with van der Waals surface area (Å²) in [5.74, 6) is -0.597. The molecule has 28 heavy (non-hydrogen) atoms. The van der Waals surface area contributed by atoms with Gasteiger partial charge in [0, 0.05) is 23.7 Å². The first-order valence-electron chi connectivity index (χ1n) is 8.86. The summed E-state index contributed by atoms with van der Waals surface area (Å²) in [6.45, 7) is 1.81. The second kappa shape index (κ2) is 8.43. The SMILES string of the molecule is CC(=O)c1cccc(S(=O)(=O)N2CCC(C(=O)Oc3cccc(Cl)c3)CC2)c1. The van der Waals surface area contributed by atoms with Crippen LogP contribution in [-0.2, 0) is 14.8 Å². The Bertz CT molecular complexity index is 997. The molecule has 0 unspecified atom stereocenters. The van der Waals surface area contributed by atoms with Gasteiger partial charge in [-0.3, -0.25) is 9.59 Å². The van der Waals surface area contributed by atoms with Gasteiger partial charge in [0.25, 0.3) is 0 Å². The number of halogens is 1. The number of Topliss-reactive ketones (excluding diaryl/α,β-unsaturated/α-hetero) is 1. The lowest BCUT2D eigenvalue weighted by Gasteiger charge is -2.30. The molecule has 0 radical (unpaired) electrons. The van der Waals surface area contributed by atoms with Gasteiger partial charge in [0.2, 0.25) is 10.0 Å². The average Bonchev–Trinajstić information content (AvgIpc) is 2.68. The monoisotopic (exact) mass is 421 g/mol. The zero-order valence-electron chi connectivity index (χ0n) is 15.3. The van der Waals surface area contributed by atoms with Crippen molar-refractivity contribution in [3.63, 3.8) is 0 Å². The van der Waals surface area contributed by atoms with Crippen LogP contribution >= 0.6 is 11.6 Å². The quantitative estimate of drug-likeness (QED) is 0.419. The van der Waals surface area contributed by atoms with Gasteiger partial charge in [-0.1, -0.05) is 29.8 Å². The van der Waals surface area contributed by atoms with Gasteiger partial charge >= 0.3 is 5.97 Å². The van der Waals surface area contributed by atoms with E-state index in [2.05, 4.69) is 0 Å². The van der Waals surface area contributed by atoms with Crippen LogP contribution in [0.3, 0.4) is 0 Å². The van der Waals surface area contributed by atoms with Gasteiger partial charge < -0.3 is 4.74 Å². The van der Waals surface area contributed by atoms with Crippen LogP contribution in [0.4, 0.5) is 0 Å². The maximum absolute atomic E-state index is 12.9. The van der Waals surface area contributed by atoms with Crippen LogP contribution in [0.5, 0.6) is 5.75 Å². The number of hydrogen-bond acceptors (Lipinski definition) is 5. The fraction of sp³-hybridized carbons (Fsp3) is 0.300. The molecule has 0 spiro atoms. The molecule has 8 heteroatoms. The van der Waals surface area contributed by atoms with E-state index >= 15 is 0 Å². The molecule has 2 aromatic carbocycles. The summed E-state index contributed by atoms with van der Waals surface area (Å²) in [6.07, 6.45) is 0.732. The normalized spacial score (nSPS) is 15.9. The lowest BCUT2D eigenvalue weighted by atomic mass is 9.98. The minimum absolute atomic E-state index is 0.0835. The van der Waals surface area contributed by atoms with Crippen LogP contribution < -0.4 is 4.74 Å². The maximum Gasteiger partial charge on any atom is 0.314 e. The van der Waals surface area contributed by atoms with Gasteiger partial charge in [-0.05, 0) is 50.1 Å². The molecular formula is C20H20ClNO5S. The minimum atomic E-state index is -3.72. The van der Waals surface area contributed by atoms with Crippen molar-refractivity contribution < 1.29 is 22.7 Å². The molecule has 6 nitrogen and oxygen atoms in total. The van der Waals surface area contributed by atoms with Gasteiger partial charge in [-0.25, -0.2) is 8.42 Å². The average molecular weight is 422 g/mol. The summed E-state index contributed by atoms with van der Waals surface area (Å²) < 4.78 is 32.4. The minimum Gasteiger partial charge on any atom is -0.426 e. The molecule has 1 aliphatic rings. The predicted molar refractivity (Wildman–Crippen MR) is 105 cm³/mol. The molecule has 0 aromatic heterocycles. The van der Waals surface area contributed by atoms with Crippen LogP contribution in [0.2, 0.25) is 5.02 Å². The summed E-state index contributed by atoms with van der Waals surface area (Å²) in [6, 6.07) is 12.6. The molecule has 0 aliphatic carbocycles. The Kier molecular flexibility index (Phi) is 6.17. The topological polar surface area (TPSA) is 80.8 Å². The summed E-state index contributed by atoms with van der Waals surface area (Å²) in [5, 5.41) is 0.471. The van der Waals surface area contributed by atoms with E-state index in [0.717, 1.165) is 0 Å². The van der Waals surface area contributed by atoms with Gasteiger partial charge in [0.15, 0.2) is 5.78 Å². The van der Waals surface area contributed by atoms with E-state index in [0.29, 0.717) is 29.2 Å². The molecule has 2 aromatic rings. The molecule has 0 N–H and O–H groups in total. The second-order valence-electron chi connectivity index (χ2n) is 6.64. The summed E-state index contributed by atoms with van der Waals surface area (Å²) >= 11 is 5.89. The number of rotatable bonds is 5. The van der Waals surface area contributed by atoms with E-state index in [1.165, 1.54) is 23.4 Å². The van der Waals surface area contributed by atoms with E-state index in [9.17, 15) is 18.0 Å². The molecule has 0 bridgehead atoms. The molecule has 148 valence electrons. The second-order valence-corrected chi connectivity index (χ2v) is 9.02. The first-order valence-corrected chi connectivity index (χ1v) is 10.7. The lowest BCUT2D eigenvalue weighted by Crippen LogP contribution is -2.41. The number of carbonyl (C=O) groups is 2. The van der Waals surface area contributed by atoms with Gasteiger partial charge in [0.1, 0.15) is 5.75 Å². The number of ketones is 1. The summed E-state index contributed by atoms with van der Waals surface area (Å²) in [4.78, 5) is 24.0. The van der Waals surface area contributed by atoms with Crippen molar-refractivity contribution in [1.82, 2.24) is 4.31 Å². The Labute approximate surface area is 169 Å². The zero-order chi connectivity index (χ0) is 20.3. The number of carbonyl (C=O) groups excluding carboxylic acids is 2. The predicted octanol–water partition coefficient (Wildman–Crippen LogP) is 3.55. The first-order chi connectivity index (χ1) is 13.3. The highest BCUT2D eigenvalue weighted by molar-refractivity contribution is 7.89. The molecular weight excluding hydrogens is 402 g/mol. The number of ether oxygens (including phenoxy) is 1. The van der Waals surface area contributed by atoms with E-state index in [1.807, 2.05) is 0 Å². The van der Waals surface area contributed by atoms with Crippen LogP contribution in [-0.4, -0.2) is 37.6 Å². The van der Waals surface area contributed by atoms with Gasteiger partial charge in [0.05, 0.1) is 10.8 Å². The van der Waals surface area contributed by atoms with Crippen LogP contribution in [0.25, 0.3) is 0 Å². The largest absolute Gasteiger partial charge is 0.426 e. The maximum atomic E-state index is 12.9. The van der Waals surface area contributed by atoms with Crippen molar-refractivity contribution in [2.24, 2.45) is 5.92 Å². The highest BCUT2D eigenvalue weighted by Gasteiger charge is 2.33. The van der Waals surface area contributed by atoms with Crippen LogP contribution in [0.15, 0.2) is 53.4 Å². The molecule has 1 fully saturated rings. The third kappa shape index (κ3) is 4.60. The van der Waals surface area contributed by atoms with E-state index in [1.54, 1.807) is 36.4 Å². The first kappa shape index (κ1) is 20.5. The summed E-state index contributed by atoms with van der Waals surface area (Å²) in [7, 11) is -3.72. The Morgan fingerprint density at radius 3 is 2.39 bits per heavy atom. The van der Waals surface area contributed by atoms with E-state index in [-0.39, 0.29) is 29.7 Å². The number of benzene rings is 2. The fourth-order valence-corrected chi connectivity index (χ4v) is 4.78. The van der Waals surface area contributed by atoms with Crippen molar-refractivity contribution in [3.05, 3.63) is 59.1 Å². The van der Waals surface area contributed by atoms with Crippen molar-refractivity contribution in [2.45, 2.75) is 24.7 Å². The molecule has 0 amide bonds. The van der Waals surface area contributed by atoms with E-state index < -0.39 is 16.0 Å². The van der Waals surface area contributed by atoms with Crippen molar-refractivity contribution in [2.75, 3.05) is 13.1 Å². The molecule has 0 atom stereocenters. The molecule has 1 aliphatic heterocycles. The fourth-order valence-electron chi connectivity index (χ4n) is 3.09. The van der Waals surface area contributed by atoms with Crippen LogP contribution in [0.1, 0.15) is 30.1 Å². The number of hydrogen-bond donors (Lipinski definition) is 0. The third-order valence-corrected chi connectivity index (χ3v) is 6.81. The zero-order valence-corrected chi connectivity index (χ0v) is 16.9. The Balaban J connectivity index is 1.65. The number of esters is 1. The van der Waals surface area contributed by atoms with Gasteiger partial charge in [-0.15, -0.1) is 0 Å². The smallest absolute Gasteiger partial charge is 0.314 e. The number of sulfonamides is 1. The molecule has 3 rings (SSSR count). The molecule has 0 saturated carbocycles. The van der Waals surface area contributed by atoms with Crippen molar-refractivity contribution in [1.29, 1.82) is 0 Å². The van der Waals surface area contributed by atoms with Crippen molar-refractivity contribution in [3.8, 4) is 5.75 Å². The third-order valence-electron chi connectivity index (χ3n) is 4.68. The molecule has 1 heterocycles. The van der Waals surface area contributed by atoms with E-state index in [4.69, 9.17) is 16.3 Å². The van der Waals surface area contributed by atoms with Gasteiger partial charge in [-0.2, -0.15) is 4.31 Å². The lowest BCUT2D eigenvalue weighted by molar-refractivity contribution is -0.140. The Morgan fingerprint density at radius 2 is 1.75 bits per heavy atom. The Hall–Kier alpha value is -2.22. The summed E-state index contributed by atoms with van der Waals surface area (Å²) in [5.41, 5.74) is 0.348. The van der Waals surface area contributed by atoms with Crippen LogP contribution in [0, 0.1) is 5.92 Å². The van der Waals surface area contributed by atoms with Crippen molar-refractivity contribution >= 4 is 33.4 Å². The highest BCUT2D eigenvalue weighted by Crippen LogP contribution is 2.26. The molecule has 1 saturated heterocycles. The Morgan fingerprint density at radius 1 is 1.07 bits per heavy atom. The number of nitrogens with zero attached hydrogens (tertiary/aromatic N) is 1. The number of piperidine rings is 1. The highest BCUT2D eigenvalue weighted by atomic mass is 35.5.